The van der Waals surface area contributed by atoms with Crippen LogP contribution in [0.15, 0.2) is 47.4 Å². The van der Waals surface area contributed by atoms with Gasteiger partial charge in [-0.3, -0.25) is 4.79 Å². The van der Waals surface area contributed by atoms with E-state index in [2.05, 4.69) is 10.0 Å². The van der Waals surface area contributed by atoms with Crippen LogP contribution in [0.25, 0.3) is 0 Å². The van der Waals surface area contributed by atoms with Crippen molar-refractivity contribution in [3.63, 3.8) is 0 Å². The first-order valence-electron chi connectivity index (χ1n) is 6.60. The number of aryl methyl sites for hydroxylation is 1. The van der Waals surface area contributed by atoms with E-state index in [0.29, 0.717) is 0 Å². The van der Waals surface area contributed by atoms with Gasteiger partial charge >= 0.3 is 0 Å². The van der Waals surface area contributed by atoms with Gasteiger partial charge in [-0.2, -0.15) is 0 Å². The van der Waals surface area contributed by atoms with Crippen LogP contribution < -0.4 is 10.0 Å². The fraction of sp³-hybridized carbons (Fsp3) is 0.133. The van der Waals surface area contributed by atoms with Gasteiger partial charge in [0.25, 0.3) is 0 Å². The molecular formula is C15H14Cl2N2O3S. The van der Waals surface area contributed by atoms with Crippen LogP contribution in [0.4, 0.5) is 5.69 Å². The first kappa shape index (κ1) is 17.7. The smallest absolute Gasteiger partial charge is 0.241 e. The molecule has 0 saturated heterocycles. The molecule has 2 aromatic carbocycles. The Labute approximate surface area is 144 Å². The molecule has 0 unspecified atom stereocenters. The van der Waals surface area contributed by atoms with Gasteiger partial charge in [-0.25, -0.2) is 13.1 Å². The molecule has 23 heavy (non-hydrogen) atoms. The maximum Gasteiger partial charge on any atom is 0.241 e. The lowest BCUT2D eigenvalue weighted by Crippen LogP contribution is -2.33. The number of para-hydroxylation sites is 1. The van der Waals surface area contributed by atoms with Gasteiger partial charge in [-0.05, 0) is 31.2 Å². The third-order valence-electron chi connectivity index (χ3n) is 2.98. The highest BCUT2D eigenvalue weighted by atomic mass is 35.5. The van der Waals surface area contributed by atoms with Gasteiger partial charge in [0.05, 0.1) is 27.2 Å². The van der Waals surface area contributed by atoms with Gasteiger partial charge in [-0.1, -0.05) is 47.0 Å². The van der Waals surface area contributed by atoms with Gasteiger partial charge in [0.1, 0.15) is 0 Å². The molecule has 8 heteroatoms. The summed E-state index contributed by atoms with van der Waals surface area (Å²) >= 11 is 11.9. The third kappa shape index (κ3) is 4.68. The number of carbonyl (C=O) groups is 1. The predicted molar refractivity (Wildman–Crippen MR) is 91.5 cm³/mol. The van der Waals surface area contributed by atoms with E-state index in [9.17, 15) is 13.2 Å². The van der Waals surface area contributed by atoms with E-state index in [1.165, 1.54) is 12.1 Å². The molecule has 0 atom stereocenters. The SMILES string of the molecule is Cc1ccc(S(=O)(=O)NCC(=O)Nc2c(Cl)cccc2Cl)cc1. The van der Waals surface area contributed by atoms with Crippen molar-refractivity contribution in [2.45, 2.75) is 11.8 Å². The van der Waals surface area contributed by atoms with Crippen molar-refractivity contribution in [1.82, 2.24) is 4.72 Å². The summed E-state index contributed by atoms with van der Waals surface area (Å²) in [6.45, 7) is 1.42. The van der Waals surface area contributed by atoms with Crippen molar-refractivity contribution in [2.24, 2.45) is 0 Å². The Kier molecular flexibility index (Phi) is 5.64. The molecular weight excluding hydrogens is 359 g/mol. The maximum atomic E-state index is 12.1. The molecule has 2 rings (SSSR count). The molecule has 5 nitrogen and oxygen atoms in total. The summed E-state index contributed by atoms with van der Waals surface area (Å²) in [5, 5.41) is 3.02. The summed E-state index contributed by atoms with van der Waals surface area (Å²) in [4.78, 5) is 12.0. The van der Waals surface area contributed by atoms with Gasteiger partial charge in [0.15, 0.2) is 0 Å². The molecule has 0 saturated carbocycles. The standard InChI is InChI=1S/C15H14Cl2N2O3S/c1-10-5-7-11(8-6-10)23(21,22)18-9-14(20)19-15-12(16)3-2-4-13(15)17/h2-8,18H,9H2,1H3,(H,19,20). The molecule has 0 radical (unpaired) electrons. The Morgan fingerprint density at radius 3 is 2.17 bits per heavy atom. The maximum absolute atomic E-state index is 12.1. The number of carbonyl (C=O) groups excluding carboxylic acids is 1. The van der Waals surface area contributed by atoms with Crippen molar-refractivity contribution >= 4 is 44.8 Å². The van der Waals surface area contributed by atoms with E-state index < -0.39 is 22.5 Å². The number of anilines is 1. The van der Waals surface area contributed by atoms with Gasteiger partial charge in [0, 0.05) is 0 Å². The van der Waals surface area contributed by atoms with Crippen molar-refractivity contribution in [3.05, 3.63) is 58.1 Å². The van der Waals surface area contributed by atoms with E-state index in [1.807, 2.05) is 6.92 Å². The first-order chi connectivity index (χ1) is 10.8. The number of nitrogens with one attached hydrogen (secondary N) is 2. The molecule has 0 aliphatic heterocycles. The number of sulfonamides is 1. The highest BCUT2D eigenvalue weighted by Gasteiger charge is 2.16. The molecule has 0 heterocycles. The van der Waals surface area contributed by atoms with Crippen molar-refractivity contribution in [2.75, 3.05) is 11.9 Å². The number of benzene rings is 2. The second-order valence-corrected chi connectivity index (χ2v) is 7.36. The molecule has 122 valence electrons. The normalized spacial score (nSPS) is 11.3. The van der Waals surface area contributed by atoms with Crippen LogP contribution in [0.2, 0.25) is 10.0 Å². The second-order valence-electron chi connectivity index (χ2n) is 4.78. The summed E-state index contributed by atoms with van der Waals surface area (Å²) in [6, 6.07) is 11.1. The highest BCUT2D eigenvalue weighted by Crippen LogP contribution is 2.29. The van der Waals surface area contributed by atoms with Crippen LogP contribution in [-0.4, -0.2) is 20.9 Å². The fourth-order valence-corrected chi connectivity index (χ4v) is 3.24. The summed E-state index contributed by atoms with van der Waals surface area (Å²) < 4.78 is 26.4. The quantitative estimate of drug-likeness (QED) is 0.845. The minimum atomic E-state index is -3.76. The lowest BCUT2D eigenvalue weighted by Gasteiger charge is -2.10. The zero-order valence-electron chi connectivity index (χ0n) is 12.1. The number of hydrogen-bond acceptors (Lipinski definition) is 3. The van der Waals surface area contributed by atoms with Crippen molar-refractivity contribution in [1.29, 1.82) is 0 Å². The van der Waals surface area contributed by atoms with Crippen LogP contribution in [0, 0.1) is 6.92 Å². The van der Waals surface area contributed by atoms with Gasteiger partial charge in [-0.15, -0.1) is 0 Å². The Hall–Kier alpha value is -1.60. The monoisotopic (exact) mass is 372 g/mol. The third-order valence-corrected chi connectivity index (χ3v) is 5.03. The number of halogens is 2. The summed E-state index contributed by atoms with van der Waals surface area (Å²) in [5.41, 5.74) is 1.19. The Morgan fingerprint density at radius 1 is 1.04 bits per heavy atom. The van der Waals surface area contributed by atoms with Crippen molar-refractivity contribution < 1.29 is 13.2 Å². The average Bonchev–Trinajstić information content (AvgIpc) is 2.50. The zero-order valence-corrected chi connectivity index (χ0v) is 14.5. The molecule has 0 spiro atoms. The molecule has 0 aliphatic carbocycles. The van der Waals surface area contributed by atoms with E-state index >= 15 is 0 Å². The predicted octanol–water partition coefficient (Wildman–Crippen LogP) is 3.22. The number of hydrogen-bond donors (Lipinski definition) is 2. The Morgan fingerprint density at radius 2 is 1.61 bits per heavy atom. The van der Waals surface area contributed by atoms with Gasteiger partial charge < -0.3 is 5.32 Å². The molecule has 1 amide bonds. The summed E-state index contributed by atoms with van der Waals surface area (Å²) in [6.07, 6.45) is 0. The molecule has 0 bridgehead atoms. The van der Waals surface area contributed by atoms with Crippen LogP contribution in [-0.2, 0) is 14.8 Å². The van der Waals surface area contributed by atoms with E-state index in [0.717, 1.165) is 5.56 Å². The Bertz CT molecular complexity index is 801. The van der Waals surface area contributed by atoms with Crippen molar-refractivity contribution in [3.8, 4) is 0 Å². The lowest BCUT2D eigenvalue weighted by atomic mass is 10.2. The second kappa shape index (κ2) is 7.31. The molecule has 2 aromatic rings. The van der Waals surface area contributed by atoms with Crippen LogP contribution in [0.3, 0.4) is 0 Å². The van der Waals surface area contributed by atoms with Crippen LogP contribution >= 0.6 is 23.2 Å². The fourth-order valence-electron chi connectivity index (χ4n) is 1.76. The van der Waals surface area contributed by atoms with Crippen LogP contribution in [0.1, 0.15) is 5.56 Å². The minimum absolute atomic E-state index is 0.0895. The summed E-state index contributed by atoms with van der Waals surface area (Å²) in [7, 11) is -3.76. The molecule has 0 fully saturated rings. The van der Waals surface area contributed by atoms with Gasteiger partial charge in [0.2, 0.25) is 15.9 Å². The number of amides is 1. The lowest BCUT2D eigenvalue weighted by molar-refractivity contribution is -0.115. The first-order valence-corrected chi connectivity index (χ1v) is 8.84. The van der Waals surface area contributed by atoms with E-state index in [1.54, 1.807) is 30.3 Å². The Balaban J connectivity index is 2.03. The average molecular weight is 373 g/mol. The van der Waals surface area contributed by atoms with Crippen LogP contribution in [0.5, 0.6) is 0 Å². The van der Waals surface area contributed by atoms with E-state index in [4.69, 9.17) is 23.2 Å². The molecule has 0 aromatic heterocycles. The number of rotatable bonds is 5. The largest absolute Gasteiger partial charge is 0.322 e. The minimum Gasteiger partial charge on any atom is -0.322 e. The highest BCUT2D eigenvalue weighted by molar-refractivity contribution is 7.89. The molecule has 2 N–H and O–H groups in total. The zero-order chi connectivity index (χ0) is 17.0. The topological polar surface area (TPSA) is 75.3 Å². The van der Waals surface area contributed by atoms with E-state index in [-0.39, 0.29) is 20.6 Å². The summed E-state index contributed by atoms with van der Waals surface area (Å²) in [5.74, 6) is -0.573. The molecule has 0 aliphatic rings.